The van der Waals surface area contributed by atoms with Gasteiger partial charge in [0.1, 0.15) is 5.41 Å². The Labute approximate surface area is 123 Å². The topological polar surface area (TPSA) is 47.3 Å². The highest BCUT2D eigenvalue weighted by Gasteiger charge is 2.40. The maximum Gasteiger partial charge on any atom is 0.243 e. The number of carbonyl (C=O) groups is 1. The van der Waals surface area contributed by atoms with Crippen LogP contribution in [0.4, 0.5) is 0 Å². The van der Waals surface area contributed by atoms with Crippen molar-refractivity contribution < 1.29 is 4.79 Å². The van der Waals surface area contributed by atoms with Crippen LogP contribution in [0.3, 0.4) is 0 Å². The molecule has 0 aromatic heterocycles. The summed E-state index contributed by atoms with van der Waals surface area (Å²) < 4.78 is 0. The predicted molar refractivity (Wildman–Crippen MR) is 81.2 cm³/mol. The minimum Gasteiger partial charge on any atom is -0.339 e. The average Bonchev–Trinajstić information content (AvgIpc) is 2.46. The second-order valence-electron chi connectivity index (χ2n) is 6.12. The Bertz CT molecular complexity index is 345. The Morgan fingerprint density at radius 1 is 1.15 bits per heavy atom. The zero-order valence-electron chi connectivity index (χ0n) is 13.5. The fourth-order valence-corrected chi connectivity index (χ4v) is 3.10. The first-order chi connectivity index (χ1) is 9.50. The SMILES string of the molecule is CCCC(C#N)(CCC)C(=O)N1CCN(C(C)C)CC1. The lowest BCUT2D eigenvalue weighted by molar-refractivity contribution is -0.142. The van der Waals surface area contributed by atoms with Crippen molar-refractivity contribution in [2.24, 2.45) is 5.41 Å². The third-order valence-corrected chi connectivity index (χ3v) is 4.31. The smallest absolute Gasteiger partial charge is 0.243 e. The van der Waals surface area contributed by atoms with Crippen LogP contribution < -0.4 is 0 Å². The molecular formula is C16H29N3O. The third kappa shape index (κ3) is 3.73. The maximum absolute atomic E-state index is 12.8. The van der Waals surface area contributed by atoms with Gasteiger partial charge < -0.3 is 4.90 Å². The molecule has 4 nitrogen and oxygen atoms in total. The Kier molecular flexibility index (Phi) is 6.48. The summed E-state index contributed by atoms with van der Waals surface area (Å²) in [5.74, 6) is 0.0621. The highest BCUT2D eigenvalue weighted by molar-refractivity contribution is 5.85. The first kappa shape index (κ1) is 17.0. The van der Waals surface area contributed by atoms with Crippen molar-refractivity contribution >= 4 is 5.91 Å². The maximum atomic E-state index is 12.8. The third-order valence-electron chi connectivity index (χ3n) is 4.31. The molecule has 0 aliphatic carbocycles. The molecule has 0 saturated carbocycles. The van der Waals surface area contributed by atoms with E-state index in [0.29, 0.717) is 18.9 Å². The molecule has 0 bridgehead atoms. The van der Waals surface area contributed by atoms with Gasteiger partial charge >= 0.3 is 0 Å². The molecule has 1 rings (SSSR count). The molecule has 0 unspecified atom stereocenters. The summed E-state index contributed by atoms with van der Waals surface area (Å²) in [6, 6.07) is 2.87. The van der Waals surface area contributed by atoms with E-state index in [-0.39, 0.29) is 5.91 Å². The highest BCUT2D eigenvalue weighted by atomic mass is 16.2. The number of rotatable bonds is 6. The second kappa shape index (κ2) is 7.64. The highest BCUT2D eigenvalue weighted by Crippen LogP contribution is 2.32. The van der Waals surface area contributed by atoms with Gasteiger partial charge in [-0.1, -0.05) is 26.7 Å². The molecule has 1 amide bonds. The van der Waals surface area contributed by atoms with Gasteiger partial charge in [-0.25, -0.2) is 0 Å². The summed E-state index contributed by atoms with van der Waals surface area (Å²) in [5.41, 5.74) is -0.788. The summed E-state index contributed by atoms with van der Waals surface area (Å²) >= 11 is 0. The van der Waals surface area contributed by atoms with E-state index in [1.54, 1.807) is 0 Å². The molecule has 1 saturated heterocycles. The van der Waals surface area contributed by atoms with E-state index < -0.39 is 5.41 Å². The van der Waals surface area contributed by atoms with Gasteiger partial charge in [0.2, 0.25) is 5.91 Å². The largest absolute Gasteiger partial charge is 0.339 e. The molecule has 1 heterocycles. The van der Waals surface area contributed by atoms with Crippen molar-refractivity contribution in [3.05, 3.63) is 0 Å². The Balaban J connectivity index is 2.74. The normalized spacial score (nSPS) is 17.3. The molecule has 0 aromatic carbocycles. The zero-order chi connectivity index (χ0) is 15.2. The average molecular weight is 279 g/mol. The summed E-state index contributed by atoms with van der Waals surface area (Å²) in [6.07, 6.45) is 3.12. The van der Waals surface area contributed by atoms with Crippen LogP contribution >= 0.6 is 0 Å². The van der Waals surface area contributed by atoms with Crippen molar-refractivity contribution in [1.29, 1.82) is 5.26 Å². The monoisotopic (exact) mass is 279 g/mol. The van der Waals surface area contributed by atoms with E-state index in [0.717, 1.165) is 39.0 Å². The van der Waals surface area contributed by atoms with Gasteiger partial charge in [-0.2, -0.15) is 5.26 Å². The number of carbonyl (C=O) groups excluding carboxylic acids is 1. The Morgan fingerprint density at radius 3 is 2.00 bits per heavy atom. The Hall–Kier alpha value is -1.08. The van der Waals surface area contributed by atoms with E-state index in [4.69, 9.17) is 0 Å². The molecule has 0 N–H and O–H groups in total. The van der Waals surface area contributed by atoms with E-state index in [1.807, 2.05) is 18.7 Å². The van der Waals surface area contributed by atoms with Crippen molar-refractivity contribution in [2.75, 3.05) is 26.2 Å². The molecule has 4 heteroatoms. The predicted octanol–water partition coefficient (Wildman–Crippen LogP) is 2.65. The molecule has 0 spiro atoms. The Morgan fingerprint density at radius 2 is 1.65 bits per heavy atom. The quantitative estimate of drug-likeness (QED) is 0.751. The van der Waals surface area contributed by atoms with Crippen molar-refractivity contribution in [2.45, 2.75) is 59.4 Å². The van der Waals surface area contributed by atoms with Gasteiger partial charge in [-0.15, -0.1) is 0 Å². The van der Waals surface area contributed by atoms with E-state index >= 15 is 0 Å². The minimum absolute atomic E-state index is 0.0621. The fraction of sp³-hybridized carbons (Fsp3) is 0.875. The van der Waals surface area contributed by atoms with Gasteiger partial charge in [-0.3, -0.25) is 9.69 Å². The lowest BCUT2D eigenvalue weighted by atomic mass is 9.79. The van der Waals surface area contributed by atoms with Gasteiger partial charge in [-0.05, 0) is 26.7 Å². The summed E-state index contributed by atoms with van der Waals surface area (Å²) in [5, 5.41) is 9.57. The number of hydrogen-bond acceptors (Lipinski definition) is 3. The number of amides is 1. The molecule has 0 aromatic rings. The number of nitriles is 1. The van der Waals surface area contributed by atoms with Crippen LogP contribution in [0.5, 0.6) is 0 Å². The standard InChI is InChI=1S/C16H29N3O/c1-5-7-16(13-17,8-6-2)15(20)19-11-9-18(10-12-19)14(3)4/h14H,5-12H2,1-4H3. The van der Waals surface area contributed by atoms with Gasteiger partial charge in [0.15, 0.2) is 0 Å². The molecule has 0 radical (unpaired) electrons. The molecular weight excluding hydrogens is 250 g/mol. The molecule has 114 valence electrons. The zero-order valence-corrected chi connectivity index (χ0v) is 13.5. The lowest BCUT2D eigenvalue weighted by Crippen LogP contribution is -2.54. The van der Waals surface area contributed by atoms with Crippen molar-refractivity contribution in [3.8, 4) is 6.07 Å². The fourth-order valence-electron chi connectivity index (χ4n) is 3.10. The van der Waals surface area contributed by atoms with Crippen LogP contribution in [-0.4, -0.2) is 47.9 Å². The summed E-state index contributed by atoms with van der Waals surface area (Å²) in [6.45, 7) is 11.8. The summed E-state index contributed by atoms with van der Waals surface area (Å²) in [7, 11) is 0. The number of nitrogens with zero attached hydrogens (tertiary/aromatic N) is 3. The van der Waals surface area contributed by atoms with Gasteiger partial charge in [0.25, 0.3) is 0 Å². The second-order valence-corrected chi connectivity index (χ2v) is 6.12. The first-order valence-electron chi connectivity index (χ1n) is 7.95. The van der Waals surface area contributed by atoms with E-state index in [1.165, 1.54) is 0 Å². The van der Waals surface area contributed by atoms with Crippen molar-refractivity contribution in [1.82, 2.24) is 9.80 Å². The van der Waals surface area contributed by atoms with Crippen LogP contribution in [0.15, 0.2) is 0 Å². The summed E-state index contributed by atoms with van der Waals surface area (Å²) in [4.78, 5) is 17.1. The number of hydrogen-bond donors (Lipinski definition) is 0. The lowest BCUT2D eigenvalue weighted by Gasteiger charge is -2.40. The minimum atomic E-state index is -0.788. The first-order valence-corrected chi connectivity index (χ1v) is 7.95. The van der Waals surface area contributed by atoms with Crippen LogP contribution in [-0.2, 0) is 4.79 Å². The van der Waals surface area contributed by atoms with Crippen LogP contribution in [0, 0.1) is 16.7 Å². The van der Waals surface area contributed by atoms with E-state index in [9.17, 15) is 10.1 Å². The van der Waals surface area contributed by atoms with Crippen LogP contribution in [0.1, 0.15) is 53.4 Å². The van der Waals surface area contributed by atoms with Gasteiger partial charge in [0, 0.05) is 32.2 Å². The molecule has 1 aliphatic rings. The molecule has 20 heavy (non-hydrogen) atoms. The van der Waals surface area contributed by atoms with E-state index in [2.05, 4.69) is 24.8 Å². The van der Waals surface area contributed by atoms with Crippen LogP contribution in [0.25, 0.3) is 0 Å². The number of piperazine rings is 1. The molecule has 1 fully saturated rings. The van der Waals surface area contributed by atoms with Gasteiger partial charge in [0.05, 0.1) is 6.07 Å². The molecule has 0 atom stereocenters. The molecule has 1 aliphatic heterocycles. The van der Waals surface area contributed by atoms with Crippen molar-refractivity contribution in [3.63, 3.8) is 0 Å². The van der Waals surface area contributed by atoms with Crippen LogP contribution in [0.2, 0.25) is 0 Å².